The molecule has 2 heterocycles. The molecule has 0 aromatic heterocycles. The van der Waals surface area contributed by atoms with Crippen LogP contribution >= 0.6 is 0 Å². The molecule has 1 aromatic carbocycles. The zero-order valence-electron chi connectivity index (χ0n) is 15.6. The minimum Gasteiger partial charge on any atom is -0.369 e. The van der Waals surface area contributed by atoms with Crippen molar-refractivity contribution >= 4 is 29.2 Å². The molecule has 0 saturated carbocycles. The van der Waals surface area contributed by atoms with Crippen LogP contribution in [0.15, 0.2) is 24.3 Å². The third kappa shape index (κ3) is 4.97. The fourth-order valence-electron chi connectivity index (χ4n) is 3.77. The summed E-state index contributed by atoms with van der Waals surface area (Å²) in [5.41, 5.74) is 6.68. The van der Waals surface area contributed by atoms with Gasteiger partial charge in [0.05, 0.1) is 6.54 Å². The molecule has 146 valence electrons. The average Bonchev–Trinajstić information content (AvgIpc) is 2.95. The Hall–Kier alpha value is -2.61. The van der Waals surface area contributed by atoms with E-state index in [0.29, 0.717) is 12.1 Å². The number of benzene rings is 1. The summed E-state index contributed by atoms with van der Waals surface area (Å²) in [5, 5.41) is 5.82. The van der Waals surface area contributed by atoms with E-state index in [4.69, 9.17) is 5.73 Å². The molecule has 3 rings (SSSR count). The molecule has 2 fully saturated rings. The third-order valence-corrected chi connectivity index (χ3v) is 5.17. The first-order valence-corrected chi connectivity index (χ1v) is 9.42. The van der Waals surface area contributed by atoms with Crippen LogP contribution in [-0.4, -0.2) is 54.5 Å². The van der Waals surface area contributed by atoms with E-state index in [2.05, 4.69) is 10.6 Å². The molecule has 4 N–H and O–H groups in total. The molecule has 0 bridgehead atoms. The van der Waals surface area contributed by atoms with Gasteiger partial charge in [-0.15, -0.1) is 0 Å². The summed E-state index contributed by atoms with van der Waals surface area (Å²) < 4.78 is 0. The second kappa shape index (κ2) is 8.39. The molecule has 2 aliphatic rings. The number of carbonyl (C=O) groups excluding carboxylic acids is 3. The van der Waals surface area contributed by atoms with Gasteiger partial charge in [-0.1, -0.05) is 6.07 Å². The fraction of sp³-hybridized carbons (Fsp3) is 0.526. The van der Waals surface area contributed by atoms with Gasteiger partial charge < -0.3 is 21.3 Å². The highest BCUT2D eigenvalue weighted by molar-refractivity contribution is 5.97. The van der Waals surface area contributed by atoms with Gasteiger partial charge in [-0.25, -0.2) is 4.79 Å². The van der Waals surface area contributed by atoms with Crippen molar-refractivity contribution < 1.29 is 14.4 Å². The normalized spacial score (nSPS) is 21.3. The molecule has 0 unspecified atom stereocenters. The Morgan fingerprint density at radius 1 is 1.22 bits per heavy atom. The zero-order chi connectivity index (χ0) is 19.4. The van der Waals surface area contributed by atoms with Crippen LogP contribution in [0.1, 0.15) is 32.6 Å². The van der Waals surface area contributed by atoms with Gasteiger partial charge in [0.1, 0.15) is 0 Å². The quantitative estimate of drug-likeness (QED) is 0.722. The average molecular weight is 373 g/mol. The topological polar surface area (TPSA) is 108 Å². The van der Waals surface area contributed by atoms with Gasteiger partial charge in [0, 0.05) is 43.0 Å². The predicted molar refractivity (Wildman–Crippen MR) is 103 cm³/mol. The van der Waals surface area contributed by atoms with Crippen molar-refractivity contribution in [3.05, 3.63) is 24.3 Å². The first-order chi connectivity index (χ1) is 12.9. The van der Waals surface area contributed by atoms with Crippen molar-refractivity contribution in [2.45, 2.75) is 44.7 Å². The molecular weight excluding hydrogens is 346 g/mol. The van der Waals surface area contributed by atoms with Crippen LogP contribution < -0.4 is 21.3 Å². The maximum absolute atomic E-state index is 12.3. The Kier molecular flexibility index (Phi) is 5.95. The van der Waals surface area contributed by atoms with Crippen molar-refractivity contribution in [2.75, 3.05) is 29.9 Å². The van der Waals surface area contributed by atoms with Gasteiger partial charge in [-0.2, -0.15) is 0 Å². The second-order valence-corrected chi connectivity index (χ2v) is 7.32. The van der Waals surface area contributed by atoms with Crippen LogP contribution in [0.4, 0.5) is 16.2 Å². The highest BCUT2D eigenvalue weighted by atomic mass is 16.2. The summed E-state index contributed by atoms with van der Waals surface area (Å²) in [5.74, 6) is -0.211. The summed E-state index contributed by atoms with van der Waals surface area (Å²) >= 11 is 0. The number of carbonyl (C=O) groups is 3. The maximum Gasteiger partial charge on any atom is 0.319 e. The summed E-state index contributed by atoms with van der Waals surface area (Å²) in [6.07, 6.45) is 2.97. The van der Waals surface area contributed by atoms with Gasteiger partial charge in [0.25, 0.3) is 0 Å². The zero-order valence-corrected chi connectivity index (χ0v) is 15.6. The van der Waals surface area contributed by atoms with E-state index in [1.165, 1.54) is 0 Å². The number of urea groups is 1. The lowest BCUT2D eigenvalue weighted by atomic mass is 10.1. The van der Waals surface area contributed by atoms with Crippen LogP contribution in [-0.2, 0) is 9.59 Å². The van der Waals surface area contributed by atoms with Gasteiger partial charge in [-0.3, -0.25) is 14.5 Å². The van der Waals surface area contributed by atoms with E-state index in [1.807, 2.05) is 36.1 Å². The molecule has 1 atom stereocenters. The first-order valence-electron chi connectivity index (χ1n) is 9.42. The Labute approximate surface area is 159 Å². The monoisotopic (exact) mass is 373 g/mol. The number of likely N-dealkylation sites (tertiary alicyclic amines) is 1. The summed E-state index contributed by atoms with van der Waals surface area (Å²) in [4.78, 5) is 39.1. The van der Waals surface area contributed by atoms with Crippen molar-refractivity contribution in [3.63, 3.8) is 0 Å². The number of piperidine rings is 1. The lowest BCUT2D eigenvalue weighted by Gasteiger charge is -2.31. The maximum atomic E-state index is 12.3. The lowest BCUT2D eigenvalue weighted by molar-refractivity contribution is -0.119. The number of nitrogens with two attached hydrogens (primary N) is 1. The van der Waals surface area contributed by atoms with Crippen LogP contribution in [0.25, 0.3) is 0 Å². The molecule has 0 spiro atoms. The van der Waals surface area contributed by atoms with Crippen molar-refractivity contribution in [3.8, 4) is 0 Å². The van der Waals surface area contributed by atoms with E-state index >= 15 is 0 Å². The summed E-state index contributed by atoms with van der Waals surface area (Å²) in [6.45, 7) is 3.76. The molecule has 8 heteroatoms. The molecule has 0 radical (unpaired) electrons. The molecule has 1 aromatic rings. The largest absolute Gasteiger partial charge is 0.369 e. The number of hydrogen-bond acceptors (Lipinski definition) is 4. The van der Waals surface area contributed by atoms with Gasteiger partial charge in [0.15, 0.2) is 0 Å². The van der Waals surface area contributed by atoms with E-state index in [9.17, 15) is 14.4 Å². The molecule has 4 amide bonds. The SMILES string of the molecule is C[C@@H]1CCC(=O)N1c1cccc(NC(=O)NC2CCN(CC(N)=O)CC2)c1. The van der Waals surface area contributed by atoms with Gasteiger partial charge in [0.2, 0.25) is 11.8 Å². The van der Waals surface area contributed by atoms with E-state index in [0.717, 1.165) is 38.0 Å². The van der Waals surface area contributed by atoms with Crippen LogP contribution in [0.5, 0.6) is 0 Å². The molecule has 0 aliphatic carbocycles. The second-order valence-electron chi connectivity index (χ2n) is 7.32. The Morgan fingerprint density at radius 2 is 1.96 bits per heavy atom. The van der Waals surface area contributed by atoms with Crippen molar-refractivity contribution in [1.29, 1.82) is 0 Å². The van der Waals surface area contributed by atoms with E-state index in [-0.39, 0.29) is 36.5 Å². The van der Waals surface area contributed by atoms with Crippen LogP contribution in [0.2, 0.25) is 0 Å². The standard InChI is InChI=1S/C19H27N5O3/c1-13-5-6-18(26)24(13)16-4-2-3-15(11-16)22-19(27)21-14-7-9-23(10-8-14)12-17(20)25/h2-4,11,13-14H,5-10,12H2,1H3,(H2,20,25)(H2,21,22,27)/t13-/m1/s1. The lowest BCUT2D eigenvalue weighted by Crippen LogP contribution is -2.47. The predicted octanol–water partition coefficient (Wildman–Crippen LogP) is 1.27. The Balaban J connectivity index is 1.52. The molecule has 2 aliphatic heterocycles. The van der Waals surface area contributed by atoms with Crippen molar-refractivity contribution in [2.24, 2.45) is 5.73 Å². The highest BCUT2D eigenvalue weighted by Gasteiger charge is 2.29. The summed E-state index contributed by atoms with van der Waals surface area (Å²) in [6, 6.07) is 7.34. The smallest absolute Gasteiger partial charge is 0.319 e. The third-order valence-electron chi connectivity index (χ3n) is 5.17. The minimum absolute atomic E-state index is 0.0671. The highest BCUT2D eigenvalue weighted by Crippen LogP contribution is 2.28. The molecule has 8 nitrogen and oxygen atoms in total. The minimum atomic E-state index is -0.329. The number of nitrogens with zero attached hydrogens (tertiary/aromatic N) is 2. The Bertz CT molecular complexity index is 715. The van der Waals surface area contributed by atoms with E-state index < -0.39 is 0 Å². The van der Waals surface area contributed by atoms with Crippen LogP contribution in [0, 0.1) is 0 Å². The van der Waals surface area contributed by atoms with Crippen LogP contribution in [0.3, 0.4) is 0 Å². The molecule has 2 saturated heterocycles. The number of anilines is 2. The number of nitrogens with one attached hydrogen (secondary N) is 2. The number of rotatable bonds is 5. The van der Waals surface area contributed by atoms with Gasteiger partial charge in [-0.05, 0) is 44.4 Å². The Morgan fingerprint density at radius 3 is 2.59 bits per heavy atom. The fourth-order valence-corrected chi connectivity index (χ4v) is 3.77. The molecular formula is C19H27N5O3. The number of hydrogen-bond donors (Lipinski definition) is 3. The number of amides is 4. The summed E-state index contributed by atoms with van der Waals surface area (Å²) in [7, 11) is 0. The first kappa shape index (κ1) is 19.2. The van der Waals surface area contributed by atoms with Gasteiger partial charge >= 0.3 is 6.03 Å². The number of primary amides is 1. The van der Waals surface area contributed by atoms with Crippen molar-refractivity contribution in [1.82, 2.24) is 10.2 Å². The van der Waals surface area contributed by atoms with E-state index in [1.54, 1.807) is 4.90 Å². The molecule has 27 heavy (non-hydrogen) atoms.